The summed E-state index contributed by atoms with van der Waals surface area (Å²) in [6.45, 7) is 11.2. The van der Waals surface area contributed by atoms with Gasteiger partial charge in [-0.1, -0.05) is 20.3 Å². The fourth-order valence-electron chi connectivity index (χ4n) is 3.18. The van der Waals surface area contributed by atoms with Gasteiger partial charge in [0.1, 0.15) is 6.10 Å². The third-order valence-corrected chi connectivity index (χ3v) is 4.61. The molecular formula is C17H33N3O2. The highest BCUT2D eigenvalue weighted by Crippen LogP contribution is 2.21. The van der Waals surface area contributed by atoms with Crippen LogP contribution in [0.15, 0.2) is 0 Å². The molecule has 0 aromatic rings. The summed E-state index contributed by atoms with van der Waals surface area (Å²) in [5.74, 6) is 0.700. The van der Waals surface area contributed by atoms with Gasteiger partial charge in [-0.2, -0.15) is 0 Å². The molecule has 5 heteroatoms. The monoisotopic (exact) mass is 311 g/mol. The summed E-state index contributed by atoms with van der Waals surface area (Å²) in [7, 11) is 0. The van der Waals surface area contributed by atoms with Gasteiger partial charge in [0.15, 0.2) is 0 Å². The Labute approximate surface area is 135 Å². The van der Waals surface area contributed by atoms with E-state index in [0.29, 0.717) is 5.92 Å². The van der Waals surface area contributed by atoms with Crippen molar-refractivity contribution in [1.82, 2.24) is 15.1 Å². The molecular weight excluding hydrogens is 278 g/mol. The first-order chi connectivity index (χ1) is 10.6. The molecule has 0 aromatic heterocycles. The van der Waals surface area contributed by atoms with Crippen LogP contribution in [-0.2, 0) is 4.74 Å². The van der Waals surface area contributed by atoms with E-state index in [4.69, 9.17) is 4.74 Å². The lowest BCUT2D eigenvalue weighted by Crippen LogP contribution is -2.50. The number of piperazine rings is 1. The third kappa shape index (κ3) is 6.13. The molecule has 0 bridgehead atoms. The largest absolute Gasteiger partial charge is 0.446 e. The number of carbonyl (C=O) groups excluding carboxylic acids is 1. The molecule has 2 aliphatic rings. The highest BCUT2D eigenvalue weighted by molar-refractivity contribution is 5.68. The van der Waals surface area contributed by atoms with Gasteiger partial charge in [0, 0.05) is 39.3 Å². The molecule has 5 nitrogen and oxygen atoms in total. The topological polar surface area (TPSA) is 44.8 Å². The number of amides is 1. The maximum Gasteiger partial charge on any atom is 0.410 e. The van der Waals surface area contributed by atoms with Crippen LogP contribution >= 0.6 is 0 Å². The van der Waals surface area contributed by atoms with Crippen molar-refractivity contribution in [3.05, 3.63) is 0 Å². The van der Waals surface area contributed by atoms with Crippen molar-refractivity contribution >= 4 is 6.09 Å². The van der Waals surface area contributed by atoms with Crippen LogP contribution < -0.4 is 5.32 Å². The standard InChI is InChI=1S/C17H33N3O2/c1-15(2)14-18-8-9-19-10-12-20(13-11-19)17(21)22-16-6-4-3-5-7-16/h15-16,18H,3-14H2,1-2H3. The van der Waals surface area contributed by atoms with Crippen molar-refractivity contribution in [2.45, 2.75) is 52.1 Å². The van der Waals surface area contributed by atoms with Gasteiger partial charge in [0.2, 0.25) is 0 Å². The third-order valence-electron chi connectivity index (χ3n) is 4.61. The fourth-order valence-corrected chi connectivity index (χ4v) is 3.18. The number of carbonyl (C=O) groups is 1. The normalized spacial score (nSPS) is 21.3. The molecule has 0 aromatic carbocycles. The number of hydrogen-bond acceptors (Lipinski definition) is 4. The van der Waals surface area contributed by atoms with Crippen LogP contribution in [0.1, 0.15) is 46.0 Å². The maximum atomic E-state index is 12.2. The molecule has 1 aliphatic heterocycles. The summed E-state index contributed by atoms with van der Waals surface area (Å²) in [5.41, 5.74) is 0. The average molecular weight is 311 g/mol. The van der Waals surface area contributed by atoms with E-state index in [-0.39, 0.29) is 12.2 Å². The Morgan fingerprint density at radius 1 is 1.14 bits per heavy atom. The first kappa shape index (κ1) is 17.5. The van der Waals surface area contributed by atoms with E-state index in [0.717, 1.165) is 58.7 Å². The molecule has 2 rings (SSSR count). The lowest BCUT2D eigenvalue weighted by Gasteiger charge is -2.35. The number of ether oxygens (including phenoxy) is 1. The minimum Gasteiger partial charge on any atom is -0.446 e. The highest BCUT2D eigenvalue weighted by atomic mass is 16.6. The molecule has 2 fully saturated rings. The van der Waals surface area contributed by atoms with Crippen LogP contribution in [0, 0.1) is 5.92 Å². The summed E-state index contributed by atoms with van der Waals surface area (Å²) in [5, 5.41) is 3.47. The molecule has 1 saturated heterocycles. The van der Waals surface area contributed by atoms with Gasteiger partial charge >= 0.3 is 6.09 Å². The van der Waals surface area contributed by atoms with Crippen molar-refractivity contribution in [2.75, 3.05) is 45.8 Å². The second kappa shape index (κ2) is 9.36. The van der Waals surface area contributed by atoms with Gasteiger partial charge < -0.3 is 15.0 Å². The second-order valence-corrected chi connectivity index (χ2v) is 7.07. The summed E-state index contributed by atoms with van der Waals surface area (Å²) < 4.78 is 5.65. The number of rotatable bonds is 6. The lowest BCUT2D eigenvalue weighted by molar-refractivity contribution is 0.0330. The second-order valence-electron chi connectivity index (χ2n) is 7.07. The molecule has 1 aliphatic carbocycles. The van der Waals surface area contributed by atoms with Crippen LogP contribution in [-0.4, -0.2) is 67.8 Å². The zero-order chi connectivity index (χ0) is 15.8. The van der Waals surface area contributed by atoms with E-state index < -0.39 is 0 Å². The van der Waals surface area contributed by atoms with E-state index in [9.17, 15) is 4.79 Å². The minimum absolute atomic E-state index is 0.0931. The predicted molar refractivity (Wildman–Crippen MR) is 89.1 cm³/mol. The lowest BCUT2D eigenvalue weighted by atomic mass is 9.98. The smallest absolute Gasteiger partial charge is 0.410 e. The Morgan fingerprint density at radius 2 is 1.82 bits per heavy atom. The molecule has 0 radical (unpaired) electrons. The first-order valence-electron chi connectivity index (χ1n) is 9.04. The minimum atomic E-state index is -0.0931. The fraction of sp³-hybridized carbons (Fsp3) is 0.941. The number of nitrogens with one attached hydrogen (secondary N) is 1. The Bertz CT molecular complexity index is 322. The van der Waals surface area contributed by atoms with E-state index in [1.165, 1.54) is 19.3 Å². The van der Waals surface area contributed by atoms with Crippen LogP contribution in [0.5, 0.6) is 0 Å². The van der Waals surface area contributed by atoms with E-state index in [1.807, 2.05) is 4.90 Å². The van der Waals surface area contributed by atoms with Crippen molar-refractivity contribution in [3.63, 3.8) is 0 Å². The molecule has 22 heavy (non-hydrogen) atoms. The van der Waals surface area contributed by atoms with Crippen molar-refractivity contribution < 1.29 is 9.53 Å². The zero-order valence-electron chi connectivity index (χ0n) is 14.4. The van der Waals surface area contributed by atoms with Crippen LogP contribution in [0.25, 0.3) is 0 Å². The molecule has 1 amide bonds. The van der Waals surface area contributed by atoms with Gasteiger partial charge in [0.05, 0.1) is 0 Å². The predicted octanol–water partition coefficient (Wildman–Crippen LogP) is 2.32. The SMILES string of the molecule is CC(C)CNCCN1CCN(C(=O)OC2CCCCC2)CC1. The van der Waals surface area contributed by atoms with E-state index in [2.05, 4.69) is 24.1 Å². The van der Waals surface area contributed by atoms with Gasteiger partial charge in [-0.25, -0.2) is 4.79 Å². The molecule has 0 atom stereocenters. The average Bonchev–Trinajstić information content (AvgIpc) is 2.53. The Balaban J connectivity index is 1.58. The summed E-state index contributed by atoms with van der Waals surface area (Å²) >= 11 is 0. The quantitative estimate of drug-likeness (QED) is 0.765. The van der Waals surface area contributed by atoms with Crippen molar-refractivity contribution in [1.29, 1.82) is 0 Å². The van der Waals surface area contributed by atoms with Gasteiger partial charge in [-0.05, 0) is 38.1 Å². The van der Waals surface area contributed by atoms with Crippen molar-refractivity contribution in [2.24, 2.45) is 5.92 Å². The van der Waals surface area contributed by atoms with Gasteiger partial charge in [-0.3, -0.25) is 4.90 Å². The molecule has 128 valence electrons. The van der Waals surface area contributed by atoms with Gasteiger partial charge in [-0.15, -0.1) is 0 Å². The van der Waals surface area contributed by atoms with Crippen LogP contribution in [0.4, 0.5) is 4.79 Å². The molecule has 0 unspecified atom stereocenters. The summed E-state index contributed by atoms with van der Waals surface area (Å²) in [6, 6.07) is 0. The zero-order valence-corrected chi connectivity index (χ0v) is 14.4. The number of nitrogens with zero attached hydrogens (tertiary/aromatic N) is 2. The van der Waals surface area contributed by atoms with Gasteiger partial charge in [0.25, 0.3) is 0 Å². The van der Waals surface area contributed by atoms with Crippen LogP contribution in [0.2, 0.25) is 0 Å². The summed E-state index contributed by atoms with van der Waals surface area (Å²) in [6.07, 6.45) is 5.87. The Hall–Kier alpha value is -0.810. The molecule has 1 saturated carbocycles. The molecule has 1 N–H and O–H groups in total. The van der Waals surface area contributed by atoms with E-state index in [1.54, 1.807) is 0 Å². The van der Waals surface area contributed by atoms with Crippen LogP contribution in [0.3, 0.4) is 0 Å². The molecule has 1 heterocycles. The van der Waals surface area contributed by atoms with Crippen molar-refractivity contribution in [3.8, 4) is 0 Å². The molecule has 0 spiro atoms. The summed E-state index contributed by atoms with van der Waals surface area (Å²) in [4.78, 5) is 16.5. The number of hydrogen-bond donors (Lipinski definition) is 1. The van der Waals surface area contributed by atoms with E-state index >= 15 is 0 Å². The first-order valence-corrected chi connectivity index (χ1v) is 9.04. The highest BCUT2D eigenvalue weighted by Gasteiger charge is 2.25. The Kier molecular flexibility index (Phi) is 7.46. The maximum absolute atomic E-state index is 12.2. The Morgan fingerprint density at radius 3 is 2.45 bits per heavy atom.